The minimum atomic E-state index is 0.277. The first-order chi connectivity index (χ1) is 15.0. The van der Waals surface area contributed by atoms with Crippen LogP contribution in [-0.2, 0) is 9.47 Å². The van der Waals surface area contributed by atoms with Crippen LogP contribution in [0.2, 0.25) is 0 Å². The molecular weight excluding hydrogens is 524 g/mol. The van der Waals surface area contributed by atoms with Crippen LogP contribution in [-0.4, -0.2) is 32.7 Å². The SMILES string of the molecule is CCOC.COCOc1ccc2ccc(Br)cc2c1.Oc1ccc2ccc(Br)cc2c1. The molecule has 0 radical (unpaired) electrons. The van der Waals surface area contributed by atoms with Gasteiger partial charge in [-0.1, -0.05) is 56.1 Å². The molecule has 0 amide bonds. The molecule has 0 spiro atoms. The number of hydrogen-bond acceptors (Lipinski definition) is 4. The summed E-state index contributed by atoms with van der Waals surface area (Å²) in [5.41, 5.74) is 0. The second kappa shape index (κ2) is 13.3. The van der Waals surface area contributed by atoms with Gasteiger partial charge in [0.05, 0.1) is 0 Å². The minimum Gasteiger partial charge on any atom is -0.508 e. The van der Waals surface area contributed by atoms with Gasteiger partial charge in [0, 0.05) is 29.8 Å². The van der Waals surface area contributed by atoms with E-state index >= 15 is 0 Å². The highest BCUT2D eigenvalue weighted by molar-refractivity contribution is 9.10. The molecule has 6 heteroatoms. The Kier molecular flexibility index (Phi) is 10.8. The van der Waals surface area contributed by atoms with Crippen molar-refractivity contribution in [2.75, 3.05) is 27.6 Å². The second-order valence-corrected chi connectivity index (χ2v) is 8.29. The van der Waals surface area contributed by atoms with Crippen LogP contribution >= 0.6 is 31.9 Å². The zero-order valence-corrected chi connectivity index (χ0v) is 20.9. The van der Waals surface area contributed by atoms with Gasteiger partial charge in [-0.25, -0.2) is 0 Å². The van der Waals surface area contributed by atoms with Crippen molar-refractivity contribution in [3.8, 4) is 11.5 Å². The van der Waals surface area contributed by atoms with Crippen LogP contribution in [0.25, 0.3) is 21.5 Å². The van der Waals surface area contributed by atoms with Gasteiger partial charge in [0.2, 0.25) is 0 Å². The topological polar surface area (TPSA) is 47.9 Å². The molecule has 0 saturated carbocycles. The molecule has 31 heavy (non-hydrogen) atoms. The van der Waals surface area contributed by atoms with Crippen LogP contribution in [0, 0.1) is 0 Å². The molecule has 0 aliphatic rings. The minimum absolute atomic E-state index is 0.277. The van der Waals surface area contributed by atoms with Crippen molar-refractivity contribution < 1.29 is 19.3 Å². The summed E-state index contributed by atoms with van der Waals surface area (Å²) in [4.78, 5) is 0. The molecule has 0 aromatic heterocycles. The number of rotatable bonds is 4. The first-order valence-electron chi connectivity index (χ1n) is 9.65. The zero-order chi connectivity index (χ0) is 22.6. The molecule has 0 atom stereocenters. The fourth-order valence-corrected chi connectivity index (χ4v) is 3.37. The number of halogens is 2. The molecule has 4 rings (SSSR count). The molecule has 0 fully saturated rings. The summed E-state index contributed by atoms with van der Waals surface area (Å²) >= 11 is 6.82. The molecule has 4 aromatic rings. The largest absolute Gasteiger partial charge is 0.508 e. The summed E-state index contributed by atoms with van der Waals surface area (Å²) in [7, 11) is 3.29. The lowest BCUT2D eigenvalue weighted by atomic mass is 10.1. The first-order valence-corrected chi connectivity index (χ1v) is 11.2. The third-order valence-electron chi connectivity index (χ3n) is 4.19. The van der Waals surface area contributed by atoms with Gasteiger partial charge in [0.15, 0.2) is 6.79 Å². The second-order valence-electron chi connectivity index (χ2n) is 6.46. The summed E-state index contributed by atoms with van der Waals surface area (Å²) in [6, 6.07) is 23.5. The molecule has 0 unspecified atom stereocenters. The lowest BCUT2D eigenvalue weighted by Gasteiger charge is -2.05. The quantitative estimate of drug-likeness (QED) is 0.267. The number of aromatic hydroxyl groups is 1. The van der Waals surface area contributed by atoms with Crippen LogP contribution in [0.4, 0.5) is 0 Å². The Balaban J connectivity index is 0.000000192. The maximum absolute atomic E-state index is 9.21. The molecule has 0 saturated heterocycles. The number of hydrogen-bond donors (Lipinski definition) is 1. The predicted octanol–water partition coefficient (Wildman–Crippen LogP) is 7.55. The van der Waals surface area contributed by atoms with Gasteiger partial charge in [-0.15, -0.1) is 0 Å². The van der Waals surface area contributed by atoms with Crippen molar-refractivity contribution in [3.63, 3.8) is 0 Å². The van der Waals surface area contributed by atoms with E-state index in [1.54, 1.807) is 26.4 Å². The third-order valence-corrected chi connectivity index (χ3v) is 5.18. The van der Waals surface area contributed by atoms with Gasteiger partial charge < -0.3 is 19.3 Å². The average molecular weight is 550 g/mol. The van der Waals surface area contributed by atoms with Gasteiger partial charge in [0.1, 0.15) is 11.5 Å². The highest BCUT2D eigenvalue weighted by Crippen LogP contribution is 2.24. The van der Waals surface area contributed by atoms with E-state index in [0.29, 0.717) is 5.75 Å². The fourth-order valence-electron chi connectivity index (χ4n) is 2.62. The summed E-state index contributed by atoms with van der Waals surface area (Å²) in [6.07, 6.45) is 0. The average Bonchev–Trinajstić information content (AvgIpc) is 2.77. The van der Waals surface area contributed by atoms with Crippen molar-refractivity contribution in [1.82, 2.24) is 0 Å². The molecule has 164 valence electrons. The number of phenols is 1. The Labute approximate surface area is 200 Å². The number of phenolic OH excluding ortho intramolecular Hbond substituents is 1. The van der Waals surface area contributed by atoms with E-state index in [1.807, 2.05) is 55.5 Å². The predicted molar refractivity (Wildman–Crippen MR) is 135 cm³/mol. The standard InChI is InChI=1S/C12H11BrO2.C10H7BrO.C3H8O/c1-14-8-15-12-5-3-9-2-4-11(13)6-10(9)7-12;11-9-3-1-7-2-4-10(12)6-8(7)5-9;1-3-4-2/h2-7H,8H2,1H3;1-6,12H;3H2,1-2H3. The van der Waals surface area contributed by atoms with Crippen molar-refractivity contribution in [3.05, 3.63) is 81.7 Å². The number of fused-ring (bicyclic) bond motifs is 2. The lowest BCUT2D eigenvalue weighted by Crippen LogP contribution is -1.98. The van der Waals surface area contributed by atoms with Gasteiger partial charge in [0.25, 0.3) is 0 Å². The third kappa shape index (κ3) is 8.50. The van der Waals surface area contributed by atoms with Crippen molar-refractivity contribution in [1.29, 1.82) is 0 Å². The Hall–Kier alpha value is -2.12. The van der Waals surface area contributed by atoms with E-state index in [4.69, 9.17) is 9.47 Å². The van der Waals surface area contributed by atoms with E-state index in [0.717, 1.165) is 37.5 Å². The van der Waals surface area contributed by atoms with Gasteiger partial charge in [-0.2, -0.15) is 0 Å². The molecule has 0 bridgehead atoms. The molecule has 4 aromatic carbocycles. The van der Waals surface area contributed by atoms with E-state index in [-0.39, 0.29) is 6.79 Å². The summed E-state index contributed by atoms with van der Waals surface area (Å²) in [5, 5.41) is 13.7. The fraction of sp³-hybridized carbons (Fsp3) is 0.200. The van der Waals surface area contributed by atoms with Gasteiger partial charge in [-0.3, -0.25) is 0 Å². The molecular formula is C25H26Br2O4. The number of benzene rings is 4. The maximum atomic E-state index is 9.21. The van der Waals surface area contributed by atoms with E-state index < -0.39 is 0 Å². The molecule has 1 N–H and O–H groups in total. The van der Waals surface area contributed by atoms with Crippen molar-refractivity contribution >= 4 is 53.4 Å². The van der Waals surface area contributed by atoms with Crippen LogP contribution in [0.5, 0.6) is 11.5 Å². The molecule has 0 heterocycles. The summed E-state index contributed by atoms with van der Waals surface area (Å²) in [5.74, 6) is 1.13. The highest BCUT2D eigenvalue weighted by Gasteiger charge is 1.98. The summed E-state index contributed by atoms with van der Waals surface area (Å²) < 4.78 is 16.9. The first kappa shape index (κ1) is 25.1. The number of ether oxygens (including phenoxy) is 3. The van der Waals surface area contributed by atoms with Crippen molar-refractivity contribution in [2.24, 2.45) is 0 Å². The zero-order valence-electron chi connectivity index (χ0n) is 17.8. The van der Waals surface area contributed by atoms with E-state index in [9.17, 15) is 5.11 Å². The smallest absolute Gasteiger partial charge is 0.188 e. The van der Waals surface area contributed by atoms with Crippen LogP contribution in [0.1, 0.15) is 6.92 Å². The Bertz CT molecular complexity index is 1060. The van der Waals surface area contributed by atoms with Gasteiger partial charge >= 0.3 is 0 Å². The normalized spacial score (nSPS) is 10.1. The van der Waals surface area contributed by atoms with Crippen molar-refractivity contribution in [2.45, 2.75) is 6.92 Å². The number of methoxy groups -OCH3 is 2. The van der Waals surface area contributed by atoms with Crippen LogP contribution in [0.3, 0.4) is 0 Å². The monoisotopic (exact) mass is 548 g/mol. The molecule has 0 aliphatic carbocycles. The Morgan fingerprint density at radius 1 is 0.677 bits per heavy atom. The maximum Gasteiger partial charge on any atom is 0.188 e. The summed E-state index contributed by atoms with van der Waals surface area (Å²) in [6.45, 7) is 3.06. The van der Waals surface area contributed by atoms with Gasteiger partial charge in [-0.05, 0) is 77.0 Å². The Morgan fingerprint density at radius 3 is 1.74 bits per heavy atom. The molecule has 0 aliphatic heterocycles. The lowest BCUT2D eigenvalue weighted by molar-refractivity contribution is 0.0512. The van der Waals surface area contributed by atoms with Crippen LogP contribution < -0.4 is 4.74 Å². The van der Waals surface area contributed by atoms with Crippen LogP contribution in [0.15, 0.2) is 81.7 Å². The van der Waals surface area contributed by atoms with E-state index in [2.05, 4.69) is 48.7 Å². The van der Waals surface area contributed by atoms with E-state index in [1.165, 1.54) is 5.39 Å². The Morgan fingerprint density at radius 2 is 1.19 bits per heavy atom. The molecule has 4 nitrogen and oxygen atoms in total. The highest BCUT2D eigenvalue weighted by atomic mass is 79.9.